The Morgan fingerprint density at radius 1 is 1.00 bits per heavy atom. The van der Waals surface area contributed by atoms with Crippen molar-refractivity contribution in [2.24, 2.45) is 0 Å². The van der Waals surface area contributed by atoms with E-state index in [0.717, 1.165) is 6.42 Å². The maximum atomic E-state index is 9.88. The molecule has 0 radical (unpaired) electrons. The minimum Gasteiger partial charge on any atom is -0.394 e. The summed E-state index contributed by atoms with van der Waals surface area (Å²) in [6.07, 6.45) is -3.76. The van der Waals surface area contributed by atoms with Crippen molar-refractivity contribution in [3.05, 3.63) is 35.9 Å². The van der Waals surface area contributed by atoms with Crippen molar-refractivity contribution in [2.45, 2.75) is 36.3 Å². The number of rotatable bonds is 5. The lowest BCUT2D eigenvalue weighted by Crippen LogP contribution is -2.57. The molecule has 1 heterocycles. The molecule has 0 spiro atoms. The molecule has 0 aliphatic carbocycles. The predicted octanol–water partition coefficient (Wildman–Crippen LogP) is -0.238. The highest BCUT2D eigenvalue weighted by molar-refractivity contribution is 7.99. The molecule has 5 unspecified atom stereocenters. The van der Waals surface area contributed by atoms with E-state index in [1.807, 2.05) is 30.3 Å². The van der Waals surface area contributed by atoms with E-state index in [4.69, 9.17) is 9.84 Å². The Balaban J connectivity index is 1.85. The van der Waals surface area contributed by atoms with Crippen molar-refractivity contribution >= 4 is 11.8 Å². The van der Waals surface area contributed by atoms with Gasteiger partial charge < -0.3 is 25.2 Å². The lowest BCUT2D eigenvalue weighted by atomic mass is 10.0. The van der Waals surface area contributed by atoms with Crippen LogP contribution < -0.4 is 0 Å². The topological polar surface area (TPSA) is 90.2 Å². The molecule has 20 heavy (non-hydrogen) atoms. The van der Waals surface area contributed by atoms with E-state index in [1.54, 1.807) is 0 Å². The fourth-order valence-electron chi connectivity index (χ4n) is 2.14. The van der Waals surface area contributed by atoms with E-state index in [2.05, 4.69) is 0 Å². The second kappa shape index (κ2) is 7.40. The minimum atomic E-state index is -1.30. The number of ether oxygens (including phenoxy) is 1. The molecule has 1 aromatic carbocycles. The van der Waals surface area contributed by atoms with E-state index in [9.17, 15) is 15.3 Å². The van der Waals surface area contributed by atoms with E-state index in [-0.39, 0.29) is 6.61 Å². The van der Waals surface area contributed by atoms with Crippen LogP contribution in [0.5, 0.6) is 0 Å². The predicted molar refractivity (Wildman–Crippen MR) is 76.4 cm³/mol. The number of benzene rings is 1. The number of aryl methyl sites for hydroxylation is 1. The van der Waals surface area contributed by atoms with Gasteiger partial charge in [-0.25, -0.2) is 0 Å². The van der Waals surface area contributed by atoms with Crippen LogP contribution in [0.3, 0.4) is 0 Å². The quantitative estimate of drug-likeness (QED) is 0.600. The third-order valence-electron chi connectivity index (χ3n) is 3.36. The summed E-state index contributed by atoms with van der Waals surface area (Å²) in [6.45, 7) is -0.388. The first-order valence-corrected chi connectivity index (χ1v) is 7.64. The third-order valence-corrected chi connectivity index (χ3v) is 4.52. The first-order valence-electron chi connectivity index (χ1n) is 6.59. The summed E-state index contributed by atoms with van der Waals surface area (Å²) < 4.78 is 5.42. The highest BCUT2D eigenvalue weighted by Gasteiger charge is 2.43. The fourth-order valence-corrected chi connectivity index (χ4v) is 3.31. The van der Waals surface area contributed by atoms with Crippen LogP contribution in [-0.2, 0) is 11.2 Å². The molecule has 1 saturated heterocycles. The summed E-state index contributed by atoms with van der Waals surface area (Å²) in [5.74, 6) is 0.715. The summed E-state index contributed by atoms with van der Waals surface area (Å²) >= 11 is 1.37. The molecule has 1 aliphatic rings. The van der Waals surface area contributed by atoms with Gasteiger partial charge in [0.2, 0.25) is 0 Å². The Kier molecular flexibility index (Phi) is 5.83. The average molecular weight is 300 g/mol. The van der Waals surface area contributed by atoms with Gasteiger partial charge in [-0.3, -0.25) is 0 Å². The first kappa shape index (κ1) is 15.8. The van der Waals surface area contributed by atoms with Crippen LogP contribution in [0.2, 0.25) is 0 Å². The van der Waals surface area contributed by atoms with Gasteiger partial charge in [0.1, 0.15) is 29.9 Å². The Labute approximate surface area is 122 Å². The third kappa shape index (κ3) is 3.72. The highest BCUT2D eigenvalue weighted by atomic mass is 32.2. The normalized spacial score (nSPS) is 34.1. The molecule has 1 fully saturated rings. The van der Waals surface area contributed by atoms with E-state index in [1.165, 1.54) is 17.3 Å². The van der Waals surface area contributed by atoms with E-state index in [0.29, 0.717) is 5.75 Å². The molecule has 5 nitrogen and oxygen atoms in total. The number of thioether (sulfide) groups is 1. The molecule has 5 atom stereocenters. The van der Waals surface area contributed by atoms with Crippen LogP contribution in [-0.4, -0.2) is 62.6 Å². The molecular formula is C14H20O5S. The zero-order chi connectivity index (χ0) is 14.5. The van der Waals surface area contributed by atoms with Gasteiger partial charge in [-0.2, -0.15) is 0 Å². The fraction of sp³-hybridized carbons (Fsp3) is 0.571. The maximum absolute atomic E-state index is 9.88. The molecule has 0 amide bonds. The minimum absolute atomic E-state index is 0.388. The van der Waals surface area contributed by atoms with Crippen molar-refractivity contribution in [3.63, 3.8) is 0 Å². The van der Waals surface area contributed by atoms with Gasteiger partial charge in [-0.05, 0) is 17.7 Å². The number of aliphatic hydroxyl groups excluding tert-OH is 4. The molecule has 4 N–H and O–H groups in total. The van der Waals surface area contributed by atoms with Crippen molar-refractivity contribution in [3.8, 4) is 0 Å². The molecule has 6 heteroatoms. The average Bonchev–Trinajstić information content (AvgIpc) is 2.48. The van der Waals surface area contributed by atoms with Crippen LogP contribution in [0, 0.1) is 0 Å². The molecule has 0 saturated carbocycles. The molecular weight excluding hydrogens is 280 g/mol. The lowest BCUT2D eigenvalue weighted by Gasteiger charge is -2.39. The lowest BCUT2D eigenvalue weighted by molar-refractivity contribution is -0.205. The van der Waals surface area contributed by atoms with Crippen LogP contribution in [0.15, 0.2) is 30.3 Å². The van der Waals surface area contributed by atoms with Gasteiger partial charge in [0.15, 0.2) is 0 Å². The van der Waals surface area contributed by atoms with Gasteiger partial charge >= 0.3 is 0 Å². The second-order valence-corrected chi connectivity index (χ2v) is 6.01. The SMILES string of the molecule is OCC1OC(SCCc2ccccc2)C(O)C(O)C1O. The van der Waals surface area contributed by atoms with Crippen LogP contribution in [0.25, 0.3) is 0 Å². The van der Waals surface area contributed by atoms with Crippen molar-refractivity contribution in [1.82, 2.24) is 0 Å². The molecule has 1 aromatic rings. The van der Waals surface area contributed by atoms with Crippen molar-refractivity contribution in [2.75, 3.05) is 12.4 Å². The summed E-state index contributed by atoms with van der Waals surface area (Å²) in [7, 11) is 0. The molecule has 2 rings (SSSR count). The van der Waals surface area contributed by atoms with Crippen LogP contribution in [0.1, 0.15) is 5.56 Å². The number of aliphatic hydroxyl groups is 4. The van der Waals surface area contributed by atoms with Crippen LogP contribution in [0.4, 0.5) is 0 Å². The zero-order valence-corrected chi connectivity index (χ0v) is 11.8. The van der Waals surface area contributed by atoms with Gasteiger partial charge in [0, 0.05) is 0 Å². The summed E-state index contributed by atoms with van der Waals surface area (Å²) in [4.78, 5) is 0. The van der Waals surface area contributed by atoms with E-state index >= 15 is 0 Å². The van der Waals surface area contributed by atoms with Gasteiger partial charge in [-0.15, -0.1) is 11.8 Å². The smallest absolute Gasteiger partial charge is 0.132 e. The Morgan fingerprint density at radius 2 is 1.70 bits per heavy atom. The van der Waals surface area contributed by atoms with Crippen molar-refractivity contribution in [1.29, 1.82) is 0 Å². The summed E-state index contributed by atoms with van der Waals surface area (Å²) in [5, 5.41) is 38.3. The molecule has 112 valence electrons. The Hall–Kier alpha value is -0.630. The van der Waals surface area contributed by atoms with Gasteiger partial charge in [-0.1, -0.05) is 30.3 Å². The summed E-state index contributed by atoms with van der Waals surface area (Å²) in [5.41, 5.74) is 0.541. The Bertz CT molecular complexity index is 400. The monoisotopic (exact) mass is 300 g/mol. The molecule has 1 aliphatic heterocycles. The number of hydrogen-bond donors (Lipinski definition) is 4. The molecule has 0 aromatic heterocycles. The first-order chi connectivity index (χ1) is 9.63. The van der Waals surface area contributed by atoms with Gasteiger partial charge in [0.05, 0.1) is 6.61 Å². The Morgan fingerprint density at radius 3 is 2.35 bits per heavy atom. The zero-order valence-electron chi connectivity index (χ0n) is 11.0. The van der Waals surface area contributed by atoms with Gasteiger partial charge in [0.25, 0.3) is 0 Å². The number of hydrogen-bond acceptors (Lipinski definition) is 6. The summed E-state index contributed by atoms with van der Waals surface area (Å²) in [6, 6.07) is 9.93. The highest BCUT2D eigenvalue weighted by Crippen LogP contribution is 2.28. The second-order valence-electron chi connectivity index (χ2n) is 4.80. The maximum Gasteiger partial charge on any atom is 0.132 e. The standard InChI is InChI=1S/C14H20O5S/c15-8-10-11(16)12(17)13(18)14(19-10)20-7-6-9-4-2-1-3-5-9/h1-5,10-18H,6-8H2. The largest absolute Gasteiger partial charge is 0.394 e. The molecule has 0 bridgehead atoms. The van der Waals surface area contributed by atoms with Crippen LogP contribution >= 0.6 is 11.8 Å². The van der Waals surface area contributed by atoms with Crippen molar-refractivity contribution < 1.29 is 25.2 Å². The van der Waals surface area contributed by atoms with E-state index < -0.39 is 29.9 Å².